The van der Waals surface area contributed by atoms with Crippen LogP contribution in [0.2, 0.25) is 0 Å². The normalized spacial score (nSPS) is 20.4. The second kappa shape index (κ2) is 5.93. The summed E-state index contributed by atoms with van der Waals surface area (Å²) in [6.07, 6.45) is 9.58. The molecule has 24 heavy (non-hydrogen) atoms. The molecule has 1 saturated heterocycles. The van der Waals surface area contributed by atoms with Crippen molar-refractivity contribution in [3.8, 4) is 5.75 Å². The maximum Gasteiger partial charge on any atom is 0.255 e. The first-order chi connectivity index (χ1) is 11.7. The van der Waals surface area contributed by atoms with Gasteiger partial charge in [0.2, 0.25) is 0 Å². The van der Waals surface area contributed by atoms with Crippen molar-refractivity contribution in [1.82, 2.24) is 29.7 Å². The number of rotatable bonds is 4. The van der Waals surface area contributed by atoms with Gasteiger partial charge in [-0.15, -0.1) is 0 Å². The van der Waals surface area contributed by atoms with Crippen LogP contribution in [0.1, 0.15) is 10.4 Å². The first kappa shape index (κ1) is 14.6. The predicted molar refractivity (Wildman–Crippen MR) is 82.7 cm³/mol. The number of amides is 1. The summed E-state index contributed by atoms with van der Waals surface area (Å²) < 4.78 is 14.6. The number of nitrogens with zero attached hydrogens (tertiary/aromatic N) is 5. The van der Waals surface area contributed by atoms with Crippen molar-refractivity contribution in [2.24, 2.45) is 7.05 Å². The van der Waals surface area contributed by atoms with E-state index in [0.717, 1.165) is 0 Å². The van der Waals surface area contributed by atoms with Crippen LogP contribution in [0, 0.1) is 0 Å². The molecule has 1 fully saturated rings. The highest BCUT2D eigenvalue weighted by molar-refractivity contribution is 6.00. The Morgan fingerprint density at radius 3 is 3.08 bits per heavy atom. The molecule has 1 aliphatic heterocycles. The molecule has 9 heteroatoms. The minimum Gasteiger partial charge on any atom is -0.482 e. The lowest BCUT2D eigenvalue weighted by atomic mass is 10.2. The highest BCUT2D eigenvalue weighted by atomic mass is 16.5. The van der Waals surface area contributed by atoms with E-state index in [4.69, 9.17) is 9.47 Å². The Hall–Kier alpha value is -2.94. The van der Waals surface area contributed by atoms with Gasteiger partial charge in [0.1, 0.15) is 6.10 Å². The highest BCUT2D eigenvalue weighted by Gasteiger charge is 2.32. The number of hydrogen-bond donors (Lipinski definition) is 1. The second-order valence-corrected chi connectivity index (χ2v) is 5.59. The van der Waals surface area contributed by atoms with E-state index in [-0.39, 0.29) is 18.1 Å². The molecule has 3 aromatic heterocycles. The zero-order valence-electron chi connectivity index (χ0n) is 13.0. The molecule has 1 N–H and O–H groups in total. The molecule has 4 heterocycles. The molecule has 124 valence electrons. The summed E-state index contributed by atoms with van der Waals surface area (Å²) in [5, 5.41) is 11.2. The second-order valence-electron chi connectivity index (χ2n) is 5.59. The summed E-state index contributed by atoms with van der Waals surface area (Å²) in [4.78, 5) is 16.6. The van der Waals surface area contributed by atoms with Gasteiger partial charge < -0.3 is 14.8 Å². The van der Waals surface area contributed by atoms with Gasteiger partial charge in [-0.25, -0.2) is 4.52 Å². The molecule has 1 amide bonds. The number of ether oxygens (including phenoxy) is 2. The monoisotopic (exact) mass is 328 g/mol. The first-order valence-corrected chi connectivity index (χ1v) is 7.52. The fraction of sp³-hybridized carbons (Fsp3) is 0.333. The molecule has 4 rings (SSSR count). The quantitative estimate of drug-likeness (QED) is 0.726. The number of carbonyl (C=O) groups is 1. The number of aromatic nitrogens is 5. The summed E-state index contributed by atoms with van der Waals surface area (Å²) in [7, 11) is 1.82. The van der Waals surface area contributed by atoms with E-state index in [0.29, 0.717) is 30.0 Å². The molecule has 0 aromatic carbocycles. The highest BCUT2D eigenvalue weighted by Crippen LogP contribution is 2.17. The lowest BCUT2D eigenvalue weighted by Gasteiger charge is -2.19. The molecule has 9 nitrogen and oxygen atoms in total. The molecule has 0 saturated carbocycles. The van der Waals surface area contributed by atoms with E-state index in [1.807, 2.05) is 7.05 Å². The van der Waals surface area contributed by atoms with Crippen molar-refractivity contribution in [3.05, 3.63) is 42.7 Å². The predicted octanol–water partition coefficient (Wildman–Crippen LogP) is 0.0390. The van der Waals surface area contributed by atoms with Crippen LogP contribution >= 0.6 is 0 Å². The number of nitrogens with one attached hydrogen (secondary N) is 1. The summed E-state index contributed by atoms with van der Waals surface area (Å²) >= 11 is 0. The molecule has 0 aliphatic carbocycles. The van der Waals surface area contributed by atoms with Crippen molar-refractivity contribution in [2.45, 2.75) is 12.1 Å². The molecule has 2 atom stereocenters. The first-order valence-electron chi connectivity index (χ1n) is 7.52. The van der Waals surface area contributed by atoms with Crippen molar-refractivity contribution < 1.29 is 14.3 Å². The molecule has 3 aromatic rings. The van der Waals surface area contributed by atoms with Gasteiger partial charge in [0.05, 0.1) is 55.1 Å². The Morgan fingerprint density at radius 2 is 2.25 bits per heavy atom. The zero-order valence-corrected chi connectivity index (χ0v) is 13.0. The van der Waals surface area contributed by atoms with Gasteiger partial charge >= 0.3 is 0 Å². The van der Waals surface area contributed by atoms with Crippen LogP contribution in [-0.4, -0.2) is 55.6 Å². The third kappa shape index (κ3) is 2.69. The van der Waals surface area contributed by atoms with Gasteiger partial charge in [-0.1, -0.05) is 0 Å². The van der Waals surface area contributed by atoms with Crippen molar-refractivity contribution in [3.63, 3.8) is 0 Å². The van der Waals surface area contributed by atoms with Gasteiger partial charge in [0, 0.05) is 19.4 Å². The number of aryl methyl sites for hydroxylation is 1. The summed E-state index contributed by atoms with van der Waals surface area (Å²) in [6, 6.07) is -0.246. The van der Waals surface area contributed by atoms with E-state index in [1.165, 1.54) is 6.20 Å². The van der Waals surface area contributed by atoms with Gasteiger partial charge in [0.15, 0.2) is 5.75 Å². The van der Waals surface area contributed by atoms with E-state index in [1.54, 1.807) is 40.2 Å². The van der Waals surface area contributed by atoms with E-state index in [9.17, 15) is 4.79 Å². The third-order valence-corrected chi connectivity index (χ3v) is 3.88. The maximum atomic E-state index is 12.6. The fourth-order valence-electron chi connectivity index (χ4n) is 2.68. The van der Waals surface area contributed by atoms with Crippen LogP contribution in [0.15, 0.2) is 37.2 Å². The van der Waals surface area contributed by atoms with Crippen LogP contribution in [-0.2, 0) is 11.8 Å². The average molecular weight is 328 g/mol. The van der Waals surface area contributed by atoms with Crippen molar-refractivity contribution in [2.75, 3.05) is 13.2 Å². The van der Waals surface area contributed by atoms with Gasteiger partial charge in [-0.3, -0.25) is 14.5 Å². The van der Waals surface area contributed by atoms with Crippen LogP contribution in [0.5, 0.6) is 5.75 Å². The average Bonchev–Trinajstić information content (AvgIpc) is 3.28. The number of hydrogen-bond acceptors (Lipinski definition) is 6. The third-order valence-electron chi connectivity index (χ3n) is 3.88. The summed E-state index contributed by atoms with van der Waals surface area (Å²) in [5.41, 5.74) is 1.12. The Labute approximate surface area is 137 Å². The standard InChI is InChI=1S/C15H16N6O3/c1-20-7-10(4-17-20)24-14-9-23-8-12(14)19-15(22)11-5-18-21-3-2-16-6-13(11)21/h2-7,12,14H,8-9H2,1H3,(H,19,22)/t12-,14+/m0/s1. The summed E-state index contributed by atoms with van der Waals surface area (Å²) in [6.45, 7) is 0.810. The lowest BCUT2D eigenvalue weighted by Crippen LogP contribution is -2.45. The topological polar surface area (TPSA) is 95.6 Å². The maximum absolute atomic E-state index is 12.6. The lowest BCUT2D eigenvalue weighted by molar-refractivity contribution is 0.0905. The molecular formula is C15H16N6O3. The van der Waals surface area contributed by atoms with E-state index >= 15 is 0 Å². The van der Waals surface area contributed by atoms with Gasteiger partial charge in [-0.2, -0.15) is 10.2 Å². The number of carbonyl (C=O) groups excluding carboxylic acids is 1. The molecule has 0 unspecified atom stereocenters. The van der Waals surface area contributed by atoms with Gasteiger partial charge in [0.25, 0.3) is 5.91 Å². The summed E-state index contributed by atoms with van der Waals surface area (Å²) in [5.74, 6) is 0.417. The van der Waals surface area contributed by atoms with E-state index in [2.05, 4.69) is 20.5 Å². The van der Waals surface area contributed by atoms with Crippen LogP contribution in [0.4, 0.5) is 0 Å². The molecule has 0 radical (unpaired) electrons. The molecule has 1 aliphatic rings. The Bertz CT molecular complexity index is 873. The van der Waals surface area contributed by atoms with Crippen LogP contribution < -0.4 is 10.1 Å². The van der Waals surface area contributed by atoms with Crippen LogP contribution in [0.25, 0.3) is 5.52 Å². The molecule has 0 bridgehead atoms. The molecular weight excluding hydrogens is 312 g/mol. The minimum absolute atomic E-state index is 0.228. The fourth-order valence-corrected chi connectivity index (χ4v) is 2.68. The smallest absolute Gasteiger partial charge is 0.255 e. The van der Waals surface area contributed by atoms with Crippen molar-refractivity contribution in [1.29, 1.82) is 0 Å². The largest absolute Gasteiger partial charge is 0.482 e. The van der Waals surface area contributed by atoms with Gasteiger partial charge in [-0.05, 0) is 0 Å². The van der Waals surface area contributed by atoms with Crippen molar-refractivity contribution >= 4 is 11.4 Å². The number of fused-ring (bicyclic) bond motifs is 1. The SMILES string of the molecule is Cn1cc(O[C@@H]2COC[C@@H]2NC(=O)c2cnn3ccncc23)cn1. The Kier molecular flexibility index (Phi) is 3.62. The Balaban J connectivity index is 1.48. The van der Waals surface area contributed by atoms with E-state index < -0.39 is 0 Å². The molecule has 0 spiro atoms. The minimum atomic E-state index is -0.266. The Morgan fingerprint density at radius 1 is 1.33 bits per heavy atom. The van der Waals surface area contributed by atoms with Crippen LogP contribution in [0.3, 0.4) is 0 Å². The zero-order chi connectivity index (χ0) is 16.5.